The first kappa shape index (κ1) is 12.5. The monoisotopic (exact) mass is 218 g/mol. The zero-order valence-electron chi connectivity index (χ0n) is 10.4. The summed E-state index contributed by atoms with van der Waals surface area (Å²) < 4.78 is 5.35. The van der Waals surface area contributed by atoms with Gasteiger partial charge in [0.2, 0.25) is 0 Å². The molecule has 0 aliphatic rings. The zero-order valence-corrected chi connectivity index (χ0v) is 10.4. The van der Waals surface area contributed by atoms with Crippen molar-refractivity contribution in [3.63, 3.8) is 0 Å². The van der Waals surface area contributed by atoms with Gasteiger partial charge in [-0.15, -0.1) is 0 Å². The Hall–Kier alpha value is -1.57. The highest BCUT2D eigenvalue weighted by atomic mass is 16.5. The summed E-state index contributed by atoms with van der Waals surface area (Å²) in [5.41, 5.74) is 4.33. The smallest absolute Gasteiger partial charge is 0.159 e. The van der Waals surface area contributed by atoms with Crippen molar-refractivity contribution in [2.24, 2.45) is 0 Å². The van der Waals surface area contributed by atoms with Crippen molar-refractivity contribution in [1.29, 1.82) is 0 Å². The lowest BCUT2D eigenvalue weighted by atomic mass is 9.94. The third kappa shape index (κ3) is 2.32. The number of hydrogen-bond donors (Lipinski definition) is 0. The Kier molecular flexibility index (Phi) is 3.88. The molecule has 0 saturated heterocycles. The van der Waals surface area contributed by atoms with E-state index in [1.807, 2.05) is 20.8 Å². The first-order chi connectivity index (χ1) is 7.51. The van der Waals surface area contributed by atoms with Gasteiger partial charge in [0.05, 0.1) is 7.11 Å². The highest BCUT2D eigenvalue weighted by Crippen LogP contribution is 2.29. The van der Waals surface area contributed by atoms with E-state index in [9.17, 15) is 4.79 Å². The summed E-state index contributed by atoms with van der Waals surface area (Å²) in [6, 6.07) is 2.05. The molecule has 0 spiro atoms. The van der Waals surface area contributed by atoms with Crippen LogP contribution in [0.2, 0.25) is 0 Å². The second kappa shape index (κ2) is 4.97. The molecule has 0 aliphatic carbocycles. The van der Waals surface area contributed by atoms with Crippen LogP contribution in [0.1, 0.15) is 22.3 Å². The van der Waals surface area contributed by atoms with Crippen LogP contribution in [-0.2, 0) is 11.2 Å². The summed E-state index contributed by atoms with van der Waals surface area (Å²) >= 11 is 0. The van der Waals surface area contributed by atoms with Crippen molar-refractivity contribution in [2.75, 3.05) is 7.11 Å². The third-order valence-electron chi connectivity index (χ3n) is 2.84. The molecule has 0 aromatic heterocycles. The summed E-state index contributed by atoms with van der Waals surface area (Å²) in [6.07, 6.45) is 1.77. The Bertz CT molecular complexity index is 431. The number of benzene rings is 1. The van der Waals surface area contributed by atoms with E-state index in [4.69, 9.17) is 4.74 Å². The predicted molar refractivity (Wildman–Crippen MR) is 66.1 cm³/mol. The molecule has 0 aliphatic heterocycles. The molecule has 2 heteroatoms. The van der Waals surface area contributed by atoms with Crippen molar-refractivity contribution in [3.05, 3.63) is 41.0 Å². The average molecular weight is 218 g/mol. The zero-order chi connectivity index (χ0) is 12.3. The minimum absolute atomic E-state index is 0.0390. The fourth-order valence-electron chi connectivity index (χ4n) is 2.04. The van der Waals surface area contributed by atoms with Gasteiger partial charge in [-0.2, -0.15) is 0 Å². The Labute approximate surface area is 96.9 Å². The van der Waals surface area contributed by atoms with Gasteiger partial charge in [-0.1, -0.05) is 12.6 Å². The van der Waals surface area contributed by atoms with Crippen LogP contribution in [0.5, 0.6) is 5.75 Å². The molecule has 0 unspecified atom stereocenters. The summed E-state index contributed by atoms with van der Waals surface area (Å²) in [7, 11) is 1.66. The fraction of sp³-hybridized carbons (Fsp3) is 0.357. The van der Waals surface area contributed by atoms with Crippen molar-refractivity contribution in [1.82, 2.24) is 0 Å². The van der Waals surface area contributed by atoms with E-state index < -0.39 is 0 Å². The number of rotatable bonds is 4. The highest BCUT2D eigenvalue weighted by molar-refractivity contribution is 5.91. The van der Waals surface area contributed by atoms with Crippen molar-refractivity contribution < 1.29 is 9.53 Å². The lowest BCUT2D eigenvalue weighted by Crippen LogP contribution is -2.05. The Balaban J connectivity index is 3.27. The Morgan fingerprint density at radius 2 is 2.00 bits per heavy atom. The Morgan fingerprint density at radius 3 is 2.50 bits per heavy atom. The van der Waals surface area contributed by atoms with Crippen LogP contribution in [0, 0.1) is 20.8 Å². The lowest BCUT2D eigenvalue weighted by molar-refractivity contribution is -0.114. The minimum atomic E-state index is 0.0390. The molecule has 0 fully saturated rings. The second-order valence-corrected chi connectivity index (χ2v) is 3.99. The molecule has 86 valence electrons. The number of aryl methyl sites for hydroxylation is 2. The number of hydrogen-bond acceptors (Lipinski definition) is 2. The summed E-state index contributed by atoms with van der Waals surface area (Å²) in [5.74, 6) is 0.912. The van der Waals surface area contributed by atoms with E-state index in [0.29, 0.717) is 6.42 Å². The van der Waals surface area contributed by atoms with Crippen molar-refractivity contribution >= 4 is 5.78 Å². The number of ketones is 1. The Morgan fingerprint density at radius 1 is 1.38 bits per heavy atom. The van der Waals surface area contributed by atoms with Crippen LogP contribution in [0.4, 0.5) is 0 Å². The summed E-state index contributed by atoms with van der Waals surface area (Å²) in [6.45, 7) is 9.52. The van der Waals surface area contributed by atoms with E-state index in [0.717, 1.165) is 28.0 Å². The number of carbonyl (C=O) groups excluding carboxylic acids is 1. The quantitative estimate of drug-likeness (QED) is 0.726. The van der Waals surface area contributed by atoms with Gasteiger partial charge in [-0.05, 0) is 49.1 Å². The van der Waals surface area contributed by atoms with E-state index in [1.165, 1.54) is 6.08 Å². The highest BCUT2D eigenvalue weighted by Gasteiger charge is 2.12. The molecule has 0 radical (unpaired) electrons. The largest absolute Gasteiger partial charge is 0.496 e. The molecule has 0 N–H and O–H groups in total. The van der Waals surface area contributed by atoms with Gasteiger partial charge in [0.15, 0.2) is 5.78 Å². The minimum Gasteiger partial charge on any atom is -0.496 e. The van der Waals surface area contributed by atoms with Gasteiger partial charge >= 0.3 is 0 Å². The number of carbonyl (C=O) groups is 1. The van der Waals surface area contributed by atoms with Gasteiger partial charge in [0.25, 0.3) is 0 Å². The van der Waals surface area contributed by atoms with Crippen molar-refractivity contribution in [3.8, 4) is 5.75 Å². The van der Waals surface area contributed by atoms with Crippen LogP contribution in [-0.4, -0.2) is 12.9 Å². The number of ether oxygens (including phenoxy) is 1. The van der Waals surface area contributed by atoms with Gasteiger partial charge in [0, 0.05) is 6.42 Å². The van der Waals surface area contributed by atoms with Crippen LogP contribution in [0.15, 0.2) is 18.7 Å². The van der Waals surface area contributed by atoms with Crippen LogP contribution < -0.4 is 4.74 Å². The number of allylic oxidation sites excluding steroid dienone is 1. The average Bonchev–Trinajstić information content (AvgIpc) is 2.24. The van der Waals surface area contributed by atoms with E-state index in [2.05, 4.69) is 12.6 Å². The van der Waals surface area contributed by atoms with E-state index >= 15 is 0 Å². The topological polar surface area (TPSA) is 26.3 Å². The molecule has 0 saturated carbocycles. The van der Waals surface area contributed by atoms with Gasteiger partial charge < -0.3 is 4.74 Å². The maximum absolute atomic E-state index is 11.4. The molecular weight excluding hydrogens is 200 g/mol. The molecule has 16 heavy (non-hydrogen) atoms. The van der Waals surface area contributed by atoms with Gasteiger partial charge in [-0.25, -0.2) is 0 Å². The van der Waals surface area contributed by atoms with Crippen LogP contribution in [0.3, 0.4) is 0 Å². The third-order valence-corrected chi connectivity index (χ3v) is 2.84. The van der Waals surface area contributed by atoms with Crippen LogP contribution in [0.25, 0.3) is 0 Å². The van der Waals surface area contributed by atoms with Crippen LogP contribution >= 0.6 is 0 Å². The molecule has 1 aromatic carbocycles. The molecule has 2 nitrogen and oxygen atoms in total. The second-order valence-electron chi connectivity index (χ2n) is 3.99. The molecular formula is C14H18O2. The first-order valence-corrected chi connectivity index (χ1v) is 5.30. The van der Waals surface area contributed by atoms with Crippen molar-refractivity contribution in [2.45, 2.75) is 27.2 Å². The van der Waals surface area contributed by atoms with E-state index in [-0.39, 0.29) is 5.78 Å². The number of methoxy groups -OCH3 is 1. The molecule has 1 rings (SSSR count). The molecule has 0 amide bonds. The normalized spacial score (nSPS) is 10.0. The predicted octanol–water partition coefficient (Wildman–Crippen LogP) is 2.92. The van der Waals surface area contributed by atoms with E-state index in [1.54, 1.807) is 7.11 Å². The standard InChI is InChI=1S/C14H18O2/c1-6-12(15)8-13-9(2)7-10(3)14(16-5)11(13)4/h6-7H,1,8H2,2-5H3. The maximum Gasteiger partial charge on any atom is 0.159 e. The first-order valence-electron chi connectivity index (χ1n) is 5.30. The van der Waals surface area contributed by atoms with Gasteiger partial charge in [-0.3, -0.25) is 4.79 Å². The van der Waals surface area contributed by atoms with Gasteiger partial charge in [0.1, 0.15) is 5.75 Å². The molecule has 0 heterocycles. The lowest BCUT2D eigenvalue weighted by Gasteiger charge is -2.15. The SMILES string of the molecule is C=CC(=O)Cc1c(C)cc(C)c(OC)c1C. The summed E-state index contributed by atoms with van der Waals surface area (Å²) in [5, 5.41) is 0. The molecule has 0 atom stereocenters. The molecule has 1 aromatic rings. The molecule has 0 bridgehead atoms. The fourth-order valence-corrected chi connectivity index (χ4v) is 2.04. The summed E-state index contributed by atoms with van der Waals surface area (Å²) in [4.78, 5) is 11.4. The maximum atomic E-state index is 11.4.